The summed E-state index contributed by atoms with van der Waals surface area (Å²) in [4.78, 5) is 10.7. The molecular weight excluding hydrogens is 186 g/mol. The number of ketones is 1. The summed E-state index contributed by atoms with van der Waals surface area (Å²) < 4.78 is 12.6. The van der Waals surface area contributed by atoms with Crippen molar-refractivity contribution in [3.05, 3.63) is 0 Å². The number of hydrogen-bond acceptors (Lipinski definition) is 3. The van der Waals surface area contributed by atoms with Gasteiger partial charge in [0.2, 0.25) is 0 Å². The Balaban J connectivity index is 3.45. The lowest BCUT2D eigenvalue weighted by Crippen LogP contribution is -2.26. The third-order valence-corrected chi connectivity index (χ3v) is 2.78. The van der Waals surface area contributed by atoms with Crippen molar-refractivity contribution in [2.24, 2.45) is 0 Å². The van der Waals surface area contributed by atoms with Crippen LogP contribution in [0.1, 0.15) is 6.42 Å². The minimum absolute atomic E-state index is 0.0185. The molecule has 0 N–H and O–H groups in total. The molecule has 0 amide bonds. The van der Waals surface area contributed by atoms with Crippen LogP contribution in [0, 0.1) is 0 Å². The second-order valence-corrected chi connectivity index (χ2v) is 4.31. The minimum Gasteiger partial charge on any atom is -0.598 e. The van der Waals surface area contributed by atoms with Crippen LogP contribution in [0.5, 0.6) is 0 Å². The van der Waals surface area contributed by atoms with Gasteiger partial charge in [0.25, 0.3) is 0 Å². The summed E-state index contributed by atoms with van der Waals surface area (Å²) in [7, 11) is 3.42. The first-order chi connectivity index (χ1) is 5.07. The molecule has 1 atom stereocenters. The lowest BCUT2D eigenvalue weighted by molar-refractivity contribution is -0.116. The monoisotopic (exact) mass is 197 g/mol. The van der Waals surface area contributed by atoms with Crippen LogP contribution in [0.25, 0.3) is 0 Å². The Morgan fingerprint density at radius 1 is 1.64 bits per heavy atom. The van der Waals surface area contributed by atoms with Gasteiger partial charge < -0.3 is 4.55 Å². The molecule has 0 aliphatic heterocycles. The van der Waals surface area contributed by atoms with E-state index in [0.29, 0.717) is 12.2 Å². The maximum Gasteiger partial charge on any atom is 0.152 e. The predicted molar refractivity (Wildman–Crippen MR) is 47.0 cm³/mol. The first-order valence-corrected chi connectivity index (χ1v) is 5.02. The van der Waals surface area contributed by atoms with Gasteiger partial charge in [0.05, 0.1) is 12.3 Å². The van der Waals surface area contributed by atoms with Crippen molar-refractivity contribution in [3.8, 4) is 0 Å². The highest BCUT2D eigenvalue weighted by molar-refractivity contribution is 7.89. The van der Waals surface area contributed by atoms with Gasteiger partial charge >= 0.3 is 0 Å². The predicted octanol–water partition coefficient (Wildman–Crippen LogP) is 0.410. The highest BCUT2D eigenvalue weighted by atomic mass is 35.5. The quantitative estimate of drug-likeness (QED) is 0.474. The highest BCUT2D eigenvalue weighted by Gasteiger charge is 2.11. The topological polar surface area (TPSA) is 43.4 Å². The molecule has 0 heterocycles. The van der Waals surface area contributed by atoms with Gasteiger partial charge in [0.15, 0.2) is 5.78 Å². The summed E-state index contributed by atoms with van der Waals surface area (Å²) >= 11 is 4.21. The van der Waals surface area contributed by atoms with Crippen molar-refractivity contribution >= 4 is 28.7 Å². The van der Waals surface area contributed by atoms with Crippen LogP contribution in [-0.4, -0.2) is 40.4 Å². The van der Waals surface area contributed by atoms with E-state index in [1.165, 1.54) is 0 Å². The molecule has 0 saturated carbocycles. The fourth-order valence-electron chi connectivity index (χ4n) is 0.451. The number of nitrogens with zero attached hydrogens (tertiary/aromatic N) is 1. The summed E-state index contributed by atoms with van der Waals surface area (Å²) in [5, 5.41) is 0. The van der Waals surface area contributed by atoms with E-state index >= 15 is 0 Å². The fraction of sp³-hybridized carbons (Fsp3) is 0.833. The molecule has 0 spiro atoms. The molecule has 0 aliphatic carbocycles. The van der Waals surface area contributed by atoms with Gasteiger partial charge in [-0.1, -0.05) is 0 Å². The van der Waals surface area contributed by atoms with Crippen molar-refractivity contribution in [2.45, 2.75) is 6.42 Å². The highest BCUT2D eigenvalue weighted by Crippen LogP contribution is 1.98. The van der Waals surface area contributed by atoms with E-state index in [1.807, 2.05) is 0 Å². The summed E-state index contributed by atoms with van der Waals surface area (Å²) in [5.74, 6) is 0.338. The Morgan fingerprint density at radius 3 is 2.55 bits per heavy atom. The number of carbonyl (C=O) groups is 1. The Bertz CT molecular complexity index is 132. The largest absolute Gasteiger partial charge is 0.598 e. The Hall–Kier alpha value is 0.230. The van der Waals surface area contributed by atoms with Gasteiger partial charge in [0, 0.05) is 25.5 Å². The first kappa shape index (κ1) is 11.2. The van der Waals surface area contributed by atoms with Crippen LogP contribution < -0.4 is 0 Å². The number of halogens is 1. The molecule has 0 bridgehead atoms. The number of Topliss-reactive ketones (excluding diaryl/α,β-unsaturated/α-hetero) is 1. The smallest absolute Gasteiger partial charge is 0.152 e. The normalized spacial score (nSPS) is 13.5. The fourth-order valence-corrected chi connectivity index (χ4v) is 1.35. The molecule has 0 saturated heterocycles. The SMILES string of the molecule is CN(C)[S+]([O-])CCC(=O)CCl. The lowest BCUT2D eigenvalue weighted by atomic mass is 10.3. The van der Waals surface area contributed by atoms with Crippen molar-refractivity contribution in [3.63, 3.8) is 0 Å². The van der Waals surface area contributed by atoms with Crippen molar-refractivity contribution in [2.75, 3.05) is 25.7 Å². The maximum absolute atomic E-state index is 11.0. The van der Waals surface area contributed by atoms with E-state index in [2.05, 4.69) is 0 Å². The summed E-state index contributed by atoms with van der Waals surface area (Å²) in [5.41, 5.74) is 0. The second kappa shape index (κ2) is 5.83. The van der Waals surface area contributed by atoms with Crippen LogP contribution in [0.3, 0.4) is 0 Å². The van der Waals surface area contributed by atoms with Gasteiger partial charge in [0.1, 0.15) is 5.75 Å². The van der Waals surface area contributed by atoms with Gasteiger partial charge in [-0.25, -0.2) is 0 Å². The van der Waals surface area contributed by atoms with Crippen LogP contribution in [0.4, 0.5) is 0 Å². The summed E-state index contributed by atoms with van der Waals surface area (Å²) in [6.07, 6.45) is 0.300. The molecule has 1 unspecified atom stereocenters. The van der Waals surface area contributed by atoms with E-state index in [-0.39, 0.29) is 11.7 Å². The molecule has 0 fully saturated rings. The summed E-state index contributed by atoms with van der Waals surface area (Å²) in [6, 6.07) is 0. The lowest BCUT2D eigenvalue weighted by Gasteiger charge is -2.14. The molecule has 66 valence electrons. The molecular formula is C6H12ClNO2S. The number of rotatable bonds is 5. The molecule has 5 heteroatoms. The van der Waals surface area contributed by atoms with E-state index < -0.39 is 11.4 Å². The third-order valence-electron chi connectivity index (χ3n) is 1.11. The van der Waals surface area contributed by atoms with Gasteiger partial charge in [-0.3, -0.25) is 4.79 Å². The summed E-state index contributed by atoms with van der Waals surface area (Å²) in [6.45, 7) is 0. The van der Waals surface area contributed by atoms with Crippen molar-refractivity contribution in [1.82, 2.24) is 4.31 Å². The maximum atomic E-state index is 11.0. The van der Waals surface area contributed by atoms with Gasteiger partial charge in [-0.15, -0.1) is 15.9 Å². The van der Waals surface area contributed by atoms with Gasteiger partial charge in [-0.05, 0) is 0 Å². The Morgan fingerprint density at radius 2 is 2.18 bits per heavy atom. The Labute approximate surface area is 75.0 Å². The van der Waals surface area contributed by atoms with E-state index in [1.54, 1.807) is 18.4 Å². The molecule has 3 nitrogen and oxygen atoms in total. The number of carbonyl (C=O) groups excluding carboxylic acids is 1. The molecule has 0 aliphatic rings. The van der Waals surface area contributed by atoms with Crippen LogP contribution in [-0.2, 0) is 16.2 Å². The van der Waals surface area contributed by atoms with Crippen LogP contribution in [0.2, 0.25) is 0 Å². The standard InChI is InChI=1S/C6H12ClNO2S/c1-8(2)11(10)4-3-6(9)5-7/h3-5H2,1-2H3. The van der Waals surface area contributed by atoms with Gasteiger partial charge in [-0.2, -0.15) is 0 Å². The number of hydrogen-bond donors (Lipinski definition) is 0. The molecule has 0 aromatic carbocycles. The zero-order valence-corrected chi connectivity index (χ0v) is 8.24. The minimum atomic E-state index is -1.04. The van der Waals surface area contributed by atoms with E-state index in [0.717, 1.165) is 0 Å². The van der Waals surface area contributed by atoms with E-state index in [9.17, 15) is 9.35 Å². The zero-order valence-electron chi connectivity index (χ0n) is 6.67. The average Bonchev–Trinajstić information content (AvgIpc) is 1.99. The van der Waals surface area contributed by atoms with E-state index in [4.69, 9.17) is 11.6 Å². The zero-order chi connectivity index (χ0) is 8.85. The molecule has 0 rings (SSSR count). The average molecular weight is 198 g/mol. The molecule has 0 aromatic rings. The molecule has 11 heavy (non-hydrogen) atoms. The van der Waals surface area contributed by atoms with Crippen LogP contribution >= 0.6 is 11.6 Å². The molecule has 0 aromatic heterocycles. The molecule has 0 radical (unpaired) electrons. The Kier molecular flexibility index (Phi) is 5.95. The first-order valence-electron chi connectivity index (χ1n) is 3.21. The second-order valence-electron chi connectivity index (χ2n) is 2.26. The van der Waals surface area contributed by atoms with Crippen molar-refractivity contribution in [1.29, 1.82) is 0 Å². The third kappa shape index (κ3) is 5.49. The van der Waals surface area contributed by atoms with Crippen molar-refractivity contribution < 1.29 is 9.35 Å². The number of alkyl halides is 1. The van der Waals surface area contributed by atoms with Crippen LogP contribution in [0.15, 0.2) is 0 Å².